The summed E-state index contributed by atoms with van der Waals surface area (Å²) in [6.07, 6.45) is 3.89. The van der Waals surface area contributed by atoms with Gasteiger partial charge in [-0.25, -0.2) is 0 Å². The molecule has 0 N–H and O–H groups in total. The lowest BCUT2D eigenvalue weighted by atomic mass is 10.1. The molecule has 20 heavy (non-hydrogen) atoms. The monoisotopic (exact) mass is 336 g/mol. The first kappa shape index (κ1) is 14.2. The Morgan fingerprint density at radius 3 is 2.70 bits per heavy atom. The van der Waals surface area contributed by atoms with Gasteiger partial charge in [0.1, 0.15) is 0 Å². The molecule has 1 aromatic rings. The van der Waals surface area contributed by atoms with Gasteiger partial charge in [-0.1, -0.05) is 34.1 Å². The zero-order valence-corrected chi connectivity index (χ0v) is 13.3. The summed E-state index contributed by atoms with van der Waals surface area (Å²) in [5.41, 5.74) is 0.803. The molecule has 0 aliphatic carbocycles. The fraction of sp³-hybridized carbons (Fsp3) is 0.562. The van der Waals surface area contributed by atoms with Crippen LogP contribution in [0.3, 0.4) is 0 Å². The zero-order chi connectivity index (χ0) is 13.9. The van der Waals surface area contributed by atoms with E-state index in [1.54, 1.807) is 0 Å². The van der Waals surface area contributed by atoms with Crippen LogP contribution < -0.4 is 0 Å². The molecule has 0 radical (unpaired) electrons. The number of carbonyl (C=O) groups excluding carboxylic acids is 1. The van der Waals surface area contributed by atoms with Gasteiger partial charge in [0.05, 0.1) is 6.54 Å². The Kier molecular flexibility index (Phi) is 4.54. The van der Waals surface area contributed by atoms with Crippen LogP contribution in [-0.4, -0.2) is 54.3 Å². The molecule has 3 nitrogen and oxygen atoms in total. The van der Waals surface area contributed by atoms with Crippen molar-refractivity contribution in [3.63, 3.8) is 0 Å². The third-order valence-electron chi connectivity index (χ3n) is 4.45. The van der Waals surface area contributed by atoms with Crippen molar-refractivity contribution in [1.82, 2.24) is 9.80 Å². The number of likely N-dealkylation sites (tertiary alicyclic amines) is 2. The predicted molar refractivity (Wildman–Crippen MR) is 84.1 cm³/mol. The molecular formula is C16H21BrN2O. The fourth-order valence-electron chi connectivity index (χ4n) is 3.34. The lowest BCUT2D eigenvalue weighted by Gasteiger charge is -2.23. The topological polar surface area (TPSA) is 23.6 Å². The van der Waals surface area contributed by atoms with Gasteiger partial charge in [-0.05, 0) is 38.4 Å². The summed E-state index contributed by atoms with van der Waals surface area (Å²) in [4.78, 5) is 17.3. The highest BCUT2D eigenvalue weighted by Crippen LogP contribution is 2.22. The van der Waals surface area contributed by atoms with Crippen molar-refractivity contribution < 1.29 is 4.79 Å². The first-order valence-electron chi connectivity index (χ1n) is 7.48. The summed E-state index contributed by atoms with van der Waals surface area (Å²) in [5, 5.41) is 0. The number of ketones is 1. The van der Waals surface area contributed by atoms with Crippen LogP contribution in [0.5, 0.6) is 0 Å². The fourth-order valence-corrected chi connectivity index (χ4v) is 3.84. The largest absolute Gasteiger partial charge is 0.299 e. The van der Waals surface area contributed by atoms with Crippen LogP contribution in [-0.2, 0) is 0 Å². The lowest BCUT2D eigenvalue weighted by Crippen LogP contribution is -2.36. The van der Waals surface area contributed by atoms with Crippen LogP contribution in [0, 0.1) is 0 Å². The second kappa shape index (κ2) is 6.37. The Labute approximate surface area is 129 Å². The van der Waals surface area contributed by atoms with E-state index < -0.39 is 0 Å². The standard InChI is InChI=1S/C16H21BrN2O/c17-15-6-2-1-5-14(15)16(20)12-18-10-7-13(11-18)19-8-3-4-9-19/h1-2,5-6,13H,3-4,7-12H2. The van der Waals surface area contributed by atoms with E-state index in [1.165, 1.54) is 32.4 Å². The molecule has 0 amide bonds. The molecule has 2 saturated heterocycles. The first-order valence-corrected chi connectivity index (χ1v) is 8.27. The number of rotatable bonds is 4. The second-order valence-corrected chi connectivity index (χ2v) is 6.68. The van der Waals surface area contributed by atoms with Crippen molar-refractivity contribution in [3.05, 3.63) is 34.3 Å². The van der Waals surface area contributed by atoms with Crippen LogP contribution in [0.2, 0.25) is 0 Å². The minimum atomic E-state index is 0.222. The van der Waals surface area contributed by atoms with Crippen molar-refractivity contribution >= 4 is 21.7 Å². The van der Waals surface area contributed by atoms with Gasteiger partial charge < -0.3 is 0 Å². The maximum atomic E-state index is 12.4. The van der Waals surface area contributed by atoms with E-state index >= 15 is 0 Å². The van der Waals surface area contributed by atoms with E-state index in [4.69, 9.17) is 0 Å². The predicted octanol–water partition coefficient (Wildman–Crippen LogP) is 2.80. The van der Waals surface area contributed by atoms with Crippen molar-refractivity contribution in [1.29, 1.82) is 0 Å². The highest BCUT2D eigenvalue weighted by molar-refractivity contribution is 9.10. The zero-order valence-electron chi connectivity index (χ0n) is 11.7. The van der Waals surface area contributed by atoms with Crippen LogP contribution in [0.25, 0.3) is 0 Å². The molecular weight excluding hydrogens is 316 g/mol. The molecule has 0 aromatic heterocycles. The van der Waals surface area contributed by atoms with Crippen molar-refractivity contribution in [3.8, 4) is 0 Å². The summed E-state index contributed by atoms with van der Waals surface area (Å²) in [6.45, 7) is 5.15. The number of carbonyl (C=O) groups is 1. The van der Waals surface area contributed by atoms with Crippen molar-refractivity contribution in [2.75, 3.05) is 32.7 Å². The highest BCUT2D eigenvalue weighted by atomic mass is 79.9. The number of nitrogens with zero attached hydrogens (tertiary/aromatic N) is 2. The van der Waals surface area contributed by atoms with Crippen molar-refractivity contribution in [2.24, 2.45) is 0 Å². The maximum Gasteiger partial charge on any atom is 0.177 e. The first-order chi connectivity index (χ1) is 9.74. The average molecular weight is 337 g/mol. The summed E-state index contributed by atoms with van der Waals surface area (Å²) >= 11 is 3.46. The molecule has 4 heteroatoms. The van der Waals surface area contributed by atoms with Crippen LogP contribution in [0.4, 0.5) is 0 Å². The number of halogens is 1. The third-order valence-corrected chi connectivity index (χ3v) is 5.14. The molecule has 1 aromatic carbocycles. The highest BCUT2D eigenvalue weighted by Gasteiger charge is 2.30. The van der Waals surface area contributed by atoms with Gasteiger partial charge in [0.25, 0.3) is 0 Å². The van der Waals surface area contributed by atoms with Crippen LogP contribution in [0.15, 0.2) is 28.7 Å². The molecule has 2 heterocycles. The lowest BCUT2D eigenvalue weighted by molar-refractivity contribution is 0.0939. The summed E-state index contributed by atoms with van der Waals surface area (Å²) < 4.78 is 0.903. The number of Topliss-reactive ketones (excluding diaryl/α,β-unsaturated/α-hetero) is 1. The van der Waals surface area contributed by atoms with Crippen molar-refractivity contribution in [2.45, 2.75) is 25.3 Å². The molecule has 108 valence electrons. The SMILES string of the molecule is O=C(CN1CCC(N2CCCC2)C1)c1ccccc1Br. The Morgan fingerprint density at radius 2 is 1.95 bits per heavy atom. The van der Waals surface area contributed by atoms with Gasteiger partial charge in [-0.3, -0.25) is 14.6 Å². The minimum absolute atomic E-state index is 0.222. The number of hydrogen-bond acceptors (Lipinski definition) is 3. The van der Waals surface area contributed by atoms with E-state index in [0.29, 0.717) is 12.6 Å². The summed E-state index contributed by atoms with van der Waals surface area (Å²) in [7, 11) is 0. The minimum Gasteiger partial charge on any atom is -0.299 e. The van der Waals surface area contributed by atoms with E-state index in [0.717, 1.165) is 23.1 Å². The molecule has 2 aliphatic heterocycles. The summed E-state index contributed by atoms with van der Waals surface area (Å²) in [6, 6.07) is 8.38. The molecule has 1 atom stereocenters. The van der Waals surface area contributed by atoms with E-state index in [1.807, 2.05) is 24.3 Å². The van der Waals surface area contributed by atoms with E-state index in [2.05, 4.69) is 25.7 Å². The van der Waals surface area contributed by atoms with Crippen LogP contribution in [0.1, 0.15) is 29.6 Å². The van der Waals surface area contributed by atoms with E-state index in [-0.39, 0.29) is 5.78 Å². The smallest absolute Gasteiger partial charge is 0.177 e. The van der Waals surface area contributed by atoms with Gasteiger partial charge in [-0.15, -0.1) is 0 Å². The molecule has 0 saturated carbocycles. The molecule has 2 aliphatic rings. The normalized spacial score (nSPS) is 24.4. The second-order valence-electron chi connectivity index (χ2n) is 5.82. The Bertz CT molecular complexity index is 485. The van der Waals surface area contributed by atoms with Gasteiger partial charge in [0, 0.05) is 29.2 Å². The van der Waals surface area contributed by atoms with Crippen LogP contribution >= 0.6 is 15.9 Å². The Hall–Kier alpha value is -0.710. The van der Waals surface area contributed by atoms with E-state index in [9.17, 15) is 4.79 Å². The number of hydrogen-bond donors (Lipinski definition) is 0. The quantitative estimate of drug-likeness (QED) is 0.790. The average Bonchev–Trinajstić information content (AvgIpc) is 3.09. The third kappa shape index (κ3) is 3.13. The molecule has 0 spiro atoms. The Morgan fingerprint density at radius 1 is 1.20 bits per heavy atom. The maximum absolute atomic E-state index is 12.4. The molecule has 2 fully saturated rings. The molecule has 0 bridgehead atoms. The summed E-state index contributed by atoms with van der Waals surface area (Å²) in [5.74, 6) is 0.222. The molecule has 3 rings (SSSR count). The Balaban J connectivity index is 1.56. The molecule has 1 unspecified atom stereocenters. The van der Waals surface area contributed by atoms with Gasteiger partial charge in [0.15, 0.2) is 5.78 Å². The van der Waals surface area contributed by atoms with Gasteiger partial charge in [0.2, 0.25) is 0 Å². The van der Waals surface area contributed by atoms with Gasteiger partial charge >= 0.3 is 0 Å². The van der Waals surface area contributed by atoms with Gasteiger partial charge in [-0.2, -0.15) is 0 Å². The number of benzene rings is 1.